The van der Waals surface area contributed by atoms with Crippen LogP contribution in [-0.2, 0) is 20.0 Å². The lowest BCUT2D eigenvalue weighted by atomic mass is 10.1. The van der Waals surface area contributed by atoms with E-state index in [1.54, 1.807) is 7.05 Å². The molecule has 0 unspecified atom stereocenters. The van der Waals surface area contributed by atoms with Crippen LogP contribution in [-0.4, -0.2) is 24.9 Å². The molecule has 6 nitrogen and oxygen atoms in total. The van der Waals surface area contributed by atoms with Crippen LogP contribution in [0.25, 0.3) is 11.2 Å². The average molecular weight is 391 g/mol. The van der Waals surface area contributed by atoms with E-state index in [9.17, 15) is 9.59 Å². The third-order valence-electron chi connectivity index (χ3n) is 4.02. The van der Waals surface area contributed by atoms with Crippen molar-refractivity contribution < 1.29 is 0 Å². The SMILES string of the molecule is C/C(Cl)=C\CSc1nc2c(c(=O)[nH]c(=O)n2C)n1CCc1ccccc1. The summed E-state index contributed by atoms with van der Waals surface area (Å²) in [6.45, 7) is 2.41. The van der Waals surface area contributed by atoms with Gasteiger partial charge in [0.25, 0.3) is 5.56 Å². The highest BCUT2D eigenvalue weighted by Gasteiger charge is 2.17. The quantitative estimate of drug-likeness (QED) is 0.657. The highest BCUT2D eigenvalue weighted by Crippen LogP contribution is 2.22. The molecule has 2 aromatic heterocycles. The molecule has 1 N–H and O–H groups in total. The van der Waals surface area contributed by atoms with E-state index >= 15 is 0 Å². The zero-order valence-corrected chi connectivity index (χ0v) is 16.1. The van der Waals surface area contributed by atoms with Gasteiger partial charge in [-0.05, 0) is 18.9 Å². The molecule has 0 atom stereocenters. The van der Waals surface area contributed by atoms with Crippen LogP contribution in [0.4, 0.5) is 0 Å². The monoisotopic (exact) mass is 390 g/mol. The van der Waals surface area contributed by atoms with Gasteiger partial charge in [0.1, 0.15) is 0 Å². The van der Waals surface area contributed by atoms with Crippen LogP contribution in [0.15, 0.2) is 56.2 Å². The van der Waals surface area contributed by atoms with Gasteiger partial charge in [0.2, 0.25) is 0 Å². The number of aromatic nitrogens is 4. The standard InChI is InChI=1S/C18H19ClN4O2S/c1-12(19)9-11-26-18-20-15-14(16(24)21-17(25)22(15)2)23(18)10-8-13-6-4-3-5-7-13/h3-7,9H,8,10-11H2,1-2H3,(H,21,24,25)/b12-9+. The molecule has 26 heavy (non-hydrogen) atoms. The van der Waals surface area contributed by atoms with Crippen LogP contribution in [0.3, 0.4) is 0 Å². The van der Waals surface area contributed by atoms with Crippen molar-refractivity contribution in [3.05, 3.63) is 67.8 Å². The lowest BCUT2D eigenvalue weighted by molar-refractivity contribution is 0.650. The Labute approximate surface area is 159 Å². The van der Waals surface area contributed by atoms with E-state index in [2.05, 4.69) is 9.97 Å². The second kappa shape index (κ2) is 7.97. The molecule has 0 saturated heterocycles. The highest BCUT2D eigenvalue weighted by molar-refractivity contribution is 7.99. The number of imidazole rings is 1. The zero-order valence-electron chi connectivity index (χ0n) is 14.5. The van der Waals surface area contributed by atoms with Gasteiger partial charge in [0.05, 0.1) is 0 Å². The Hall–Kier alpha value is -2.25. The fraction of sp³-hybridized carbons (Fsp3) is 0.278. The molecular formula is C18H19ClN4O2S. The van der Waals surface area contributed by atoms with E-state index in [0.29, 0.717) is 33.7 Å². The van der Waals surface area contributed by atoms with Crippen LogP contribution in [0.2, 0.25) is 0 Å². The predicted octanol–water partition coefficient (Wildman–Crippen LogP) is 2.90. The van der Waals surface area contributed by atoms with Crippen molar-refractivity contribution in [3.8, 4) is 0 Å². The normalized spacial score (nSPS) is 12.0. The van der Waals surface area contributed by atoms with Crippen LogP contribution < -0.4 is 11.2 Å². The molecule has 0 fully saturated rings. The number of rotatable bonds is 6. The number of H-pyrrole nitrogens is 1. The topological polar surface area (TPSA) is 72.7 Å². The first-order chi connectivity index (χ1) is 12.5. The number of allylic oxidation sites excluding steroid dienone is 1. The molecule has 2 heterocycles. The van der Waals surface area contributed by atoms with Gasteiger partial charge >= 0.3 is 5.69 Å². The Morgan fingerprint density at radius 3 is 2.73 bits per heavy atom. The number of thioether (sulfide) groups is 1. The number of hydrogen-bond donors (Lipinski definition) is 1. The minimum Gasteiger partial charge on any atom is -0.313 e. The van der Waals surface area contributed by atoms with E-state index < -0.39 is 11.2 Å². The third-order valence-corrected chi connectivity index (χ3v) is 5.07. The Bertz CT molecular complexity index is 1060. The van der Waals surface area contributed by atoms with Crippen molar-refractivity contribution in [2.75, 3.05) is 5.75 Å². The van der Waals surface area contributed by atoms with Gasteiger partial charge in [-0.2, -0.15) is 0 Å². The van der Waals surface area contributed by atoms with Crippen molar-refractivity contribution in [2.45, 2.75) is 25.0 Å². The van der Waals surface area contributed by atoms with Crippen molar-refractivity contribution in [1.82, 2.24) is 19.1 Å². The smallest absolute Gasteiger partial charge is 0.313 e. The first-order valence-electron chi connectivity index (χ1n) is 8.16. The van der Waals surface area contributed by atoms with E-state index in [1.807, 2.05) is 47.9 Å². The fourth-order valence-electron chi connectivity index (χ4n) is 2.65. The number of aromatic amines is 1. The first kappa shape index (κ1) is 18.5. The number of benzene rings is 1. The van der Waals surface area contributed by atoms with Gasteiger partial charge in [-0.1, -0.05) is 59.8 Å². The average Bonchev–Trinajstić information content (AvgIpc) is 2.98. The maximum atomic E-state index is 12.4. The Morgan fingerprint density at radius 2 is 2.04 bits per heavy atom. The molecule has 0 radical (unpaired) electrons. The van der Waals surface area contributed by atoms with E-state index in [4.69, 9.17) is 11.6 Å². The maximum Gasteiger partial charge on any atom is 0.329 e. The number of nitrogens with zero attached hydrogens (tertiary/aromatic N) is 3. The second-order valence-corrected chi connectivity index (χ2v) is 7.46. The van der Waals surface area contributed by atoms with Crippen molar-refractivity contribution in [2.24, 2.45) is 7.05 Å². The molecule has 0 aliphatic rings. The molecule has 0 aliphatic carbocycles. The summed E-state index contributed by atoms with van der Waals surface area (Å²) < 4.78 is 3.24. The highest BCUT2D eigenvalue weighted by atomic mass is 35.5. The lowest BCUT2D eigenvalue weighted by Gasteiger charge is -2.08. The summed E-state index contributed by atoms with van der Waals surface area (Å²) in [5.41, 5.74) is 1.09. The largest absolute Gasteiger partial charge is 0.329 e. The minimum atomic E-state index is -0.469. The fourth-order valence-corrected chi connectivity index (χ4v) is 3.79. The molecule has 0 aliphatic heterocycles. The second-order valence-electron chi connectivity index (χ2n) is 5.87. The summed E-state index contributed by atoms with van der Waals surface area (Å²) in [5.74, 6) is 0.635. The Morgan fingerprint density at radius 1 is 1.31 bits per heavy atom. The molecule has 0 amide bonds. The van der Waals surface area contributed by atoms with Crippen LogP contribution >= 0.6 is 23.4 Å². The summed E-state index contributed by atoms with van der Waals surface area (Å²) in [4.78, 5) is 31.2. The lowest BCUT2D eigenvalue weighted by Crippen LogP contribution is -2.29. The van der Waals surface area contributed by atoms with Crippen molar-refractivity contribution in [1.29, 1.82) is 0 Å². The van der Waals surface area contributed by atoms with Crippen LogP contribution in [0, 0.1) is 0 Å². The molecule has 136 valence electrons. The van der Waals surface area contributed by atoms with Gasteiger partial charge < -0.3 is 4.57 Å². The van der Waals surface area contributed by atoms with E-state index in [0.717, 1.165) is 6.42 Å². The van der Waals surface area contributed by atoms with Gasteiger partial charge in [0, 0.05) is 24.4 Å². The van der Waals surface area contributed by atoms with E-state index in [1.165, 1.54) is 21.9 Å². The number of halogens is 1. The predicted molar refractivity (Wildman–Crippen MR) is 106 cm³/mol. The zero-order chi connectivity index (χ0) is 18.7. The van der Waals surface area contributed by atoms with Crippen molar-refractivity contribution >= 4 is 34.5 Å². The minimum absolute atomic E-state index is 0.390. The summed E-state index contributed by atoms with van der Waals surface area (Å²) in [6.07, 6.45) is 2.64. The molecule has 3 rings (SSSR count). The van der Waals surface area contributed by atoms with Gasteiger partial charge in [0.15, 0.2) is 16.3 Å². The molecule has 0 saturated carbocycles. The maximum absolute atomic E-state index is 12.4. The molecule has 0 bridgehead atoms. The summed E-state index contributed by atoms with van der Waals surface area (Å²) in [7, 11) is 1.60. The number of hydrogen-bond acceptors (Lipinski definition) is 4. The molecular weight excluding hydrogens is 372 g/mol. The van der Waals surface area contributed by atoms with E-state index in [-0.39, 0.29) is 0 Å². The number of aryl methyl sites for hydroxylation is 3. The van der Waals surface area contributed by atoms with Crippen LogP contribution in [0.5, 0.6) is 0 Å². The van der Waals surface area contributed by atoms with Gasteiger partial charge in [-0.15, -0.1) is 0 Å². The molecule has 8 heteroatoms. The first-order valence-corrected chi connectivity index (χ1v) is 9.52. The molecule has 1 aromatic carbocycles. The number of fused-ring (bicyclic) bond motifs is 1. The third kappa shape index (κ3) is 3.94. The van der Waals surface area contributed by atoms with Crippen LogP contribution in [0.1, 0.15) is 12.5 Å². The summed E-state index contributed by atoms with van der Waals surface area (Å²) >= 11 is 7.38. The van der Waals surface area contributed by atoms with Gasteiger partial charge in [-0.25, -0.2) is 9.78 Å². The Balaban J connectivity index is 2.04. The summed E-state index contributed by atoms with van der Waals surface area (Å²) in [6, 6.07) is 10.0. The molecule has 0 spiro atoms. The van der Waals surface area contributed by atoms with Gasteiger partial charge in [-0.3, -0.25) is 14.3 Å². The summed E-state index contributed by atoms with van der Waals surface area (Å²) in [5, 5.41) is 1.39. The number of nitrogens with one attached hydrogen (secondary N) is 1. The molecule has 3 aromatic rings. The Kier molecular flexibility index (Phi) is 5.68. The van der Waals surface area contributed by atoms with Crippen molar-refractivity contribution in [3.63, 3.8) is 0 Å².